The van der Waals surface area contributed by atoms with Crippen LogP contribution in [0.5, 0.6) is 0 Å². The summed E-state index contributed by atoms with van der Waals surface area (Å²) < 4.78 is 0. The van der Waals surface area contributed by atoms with Crippen molar-refractivity contribution in [2.24, 2.45) is 0 Å². The number of carbonyl (C=O) groups excluding carboxylic acids is 1. The van der Waals surface area contributed by atoms with Gasteiger partial charge in [0.15, 0.2) is 0 Å². The monoisotopic (exact) mass is 342 g/mol. The molecule has 1 saturated heterocycles. The molecule has 25 heavy (non-hydrogen) atoms. The first-order valence-corrected chi connectivity index (χ1v) is 9.66. The van der Waals surface area contributed by atoms with Gasteiger partial charge in [-0.15, -0.1) is 0 Å². The molecule has 2 aliphatic rings. The maximum Gasteiger partial charge on any atom is 0.257 e. The van der Waals surface area contributed by atoms with Crippen molar-refractivity contribution >= 4 is 5.91 Å². The number of rotatable bonds is 6. The molecule has 5 nitrogen and oxygen atoms in total. The maximum atomic E-state index is 12.7. The van der Waals surface area contributed by atoms with E-state index >= 15 is 0 Å². The van der Waals surface area contributed by atoms with Crippen LogP contribution in [0, 0.1) is 0 Å². The van der Waals surface area contributed by atoms with Crippen LogP contribution in [-0.2, 0) is 0 Å². The molecular formula is C20H30N4O. The Kier molecular flexibility index (Phi) is 6.19. The van der Waals surface area contributed by atoms with Crippen LogP contribution in [0.1, 0.15) is 68.1 Å². The highest BCUT2D eigenvalue weighted by atomic mass is 16.2. The van der Waals surface area contributed by atoms with Gasteiger partial charge >= 0.3 is 0 Å². The fourth-order valence-electron chi connectivity index (χ4n) is 3.22. The molecular weight excluding hydrogens is 312 g/mol. The molecule has 0 aromatic carbocycles. The second-order valence-electron chi connectivity index (χ2n) is 7.28. The summed E-state index contributed by atoms with van der Waals surface area (Å²) in [5, 5.41) is 0. The van der Waals surface area contributed by atoms with Crippen molar-refractivity contribution in [3.63, 3.8) is 0 Å². The van der Waals surface area contributed by atoms with Gasteiger partial charge in [-0.3, -0.25) is 4.79 Å². The number of carbonyl (C=O) groups is 1. The van der Waals surface area contributed by atoms with E-state index in [2.05, 4.69) is 34.8 Å². The lowest BCUT2D eigenvalue weighted by molar-refractivity contribution is 0.0760. The number of allylic oxidation sites excluding steroid dienone is 1. The molecule has 1 aliphatic heterocycles. The summed E-state index contributed by atoms with van der Waals surface area (Å²) in [6, 6.07) is 0. The maximum absolute atomic E-state index is 12.7. The Hall–Kier alpha value is -1.75. The van der Waals surface area contributed by atoms with E-state index in [1.807, 2.05) is 4.90 Å². The molecule has 5 heteroatoms. The highest BCUT2D eigenvalue weighted by Gasteiger charge is 2.27. The molecule has 1 amide bonds. The number of hydrogen-bond donors (Lipinski definition) is 0. The molecule has 0 N–H and O–H groups in total. The van der Waals surface area contributed by atoms with Crippen molar-refractivity contribution in [3.8, 4) is 0 Å². The second kappa shape index (κ2) is 8.56. The van der Waals surface area contributed by atoms with Crippen LogP contribution in [0.3, 0.4) is 0 Å². The highest BCUT2D eigenvalue weighted by molar-refractivity contribution is 5.93. The summed E-state index contributed by atoms with van der Waals surface area (Å²) in [7, 11) is 0. The molecule has 1 aromatic heterocycles. The van der Waals surface area contributed by atoms with Crippen LogP contribution >= 0.6 is 0 Å². The molecule has 1 saturated carbocycles. The van der Waals surface area contributed by atoms with E-state index in [-0.39, 0.29) is 5.91 Å². The standard InChI is InChI=1S/C20H30N4O/c1-3-16(2)6-4-9-23-10-5-11-24(13-12-23)20(25)18-14-21-19(22-15-18)17-7-8-17/h6,14-15,17H,3-5,7-13H2,1-2H3. The summed E-state index contributed by atoms with van der Waals surface area (Å²) in [6.07, 6.45) is 11.4. The van der Waals surface area contributed by atoms with E-state index in [1.165, 1.54) is 18.4 Å². The third kappa shape index (κ3) is 5.11. The zero-order chi connectivity index (χ0) is 17.6. The summed E-state index contributed by atoms with van der Waals surface area (Å²) in [6.45, 7) is 9.11. The Morgan fingerprint density at radius 3 is 2.64 bits per heavy atom. The van der Waals surface area contributed by atoms with Crippen molar-refractivity contribution < 1.29 is 4.79 Å². The average molecular weight is 342 g/mol. The van der Waals surface area contributed by atoms with Gasteiger partial charge in [0.1, 0.15) is 5.82 Å². The lowest BCUT2D eigenvalue weighted by atomic mass is 10.2. The zero-order valence-electron chi connectivity index (χ0n) is 15.6. The van der Waals surface area contributed by atoms with Crippen LogP contribution in [0.25, 0.3) is 0 Å². The number of amides is 1. The predicted molar refractivity (Wildman–Crippen MR) is 99.6 cm³/mol. The molecule has 2 heterocycles. The molecule has 1 aromatic rings. The Morgan fingerprint density at radius 1 is 1.20 bits per heavy atom. The van der Waals surface area contributed by atoms with Crippen molar-refractivity contribution in [1.82, 2.24) is 19.8 Å². The minimum Gasteiger partial charge on any atom is -0.337 e. The average Bonchev–Trinajstić information content (AvgIpc) is 3.48. The Bertz CT molecular complexity index is 607. The van der Waals surface area contributed by atoms with E-state index in [0.29, 0.717) is 11.5 Å². The van der Waals surface area contributed by atoms with E-state index in [9.17, 15) is 4.79 Å². The fraction of sp³-hybridized carbons (Fsp3) is 0.650. The molecule has 0 radical (unpaired) electrons. The topological polar surface area (TPSA) is 49.3 Å². The lowest BCUT2D eigenvalue weighted by Gasteiger charge is -2.21. The summed E-state index contributed by atoms with van der Waals surface area (Å²) in [5.41, 5.74) is 2.08. The van der Waals surface area contributed by atoms with E-state index in [0.717, 1.165) is 57.8 Å². The largest absolute Gasteiger partial charge is 0.337 e. The van der Waals surface area contributed by atoms with Gasteiger partial charge in [0.25, 0.3) is 5.91 Å². The first kappa shape index (κ1) is 18.1. The SMILES string of the molecule is CCC(C)=CCCN1CCCN(C(=O)c2cnc(C3CC3)nc2)CC1. The van der Waals surface area contributed by atoms with Crippen LogP contribution < -0.4 is 0 Å². The van der Waals surface area contributed by atoms with Gasteiger partial charge in [0.05, 0.1) is 5.56 Å². The minimum absolute atomic E-state index is 0.0749. The highest BCUT2D eigenvalue weighted by Crippen LogP contribution is 2.37. The number of nitrogens with zero attached hydrogens (tertiary/aromatic N) is 4. The Balaban J connectivity index is 1.50. The minimum atomic E-state index is 0.0749. The van der Waals surface area contributed by atoms with Crippen LogP contribution in [0.2, 0.25) is 0 Å². The Labute approximate surface area is 151 Å². The van der Waals surface area contributed by atoms with Gasteiger partial charge in [-0.05, 0) is 45.6 Å². The fourth-order valence-corrected chi connectivity index (χ4v) is 3.22. The molecule has 0 atom stereocenters. The first-order valence-electron chi connectivity index (χ1n) is 9.66. The van der Waals surface area contributed by atoms with Crippen LogP contribution in [0.15, 0.2) is 24.0 Å². The number of aromatic nitrogens is 2. The van der Waals surface area contributed by atoms with Gasteiger partial charge < -0.3 is 9.80 Å². The summed E-state index contributed by atoms with van der Waals surface area (Å²) in [5.74, 6) is 1.50. The van der Waals surface area contributed by atoms with Gasteiger partial charge in [0.2, 0.25) is 0 Å². The molecule has 2 fully saturated rings. The van der Waals surface area contributed by atoms with Crippen LogP contribution in [0.4, 0.5) is 0 Å². The normalized spacial score (nSPS) is 19.8. The summed E-state index contributed by atoms with van der Waals surface area (Å²) in [4.78, 5) is 25.9. The smallest absolute Gasteiger partial charge is 0.257 e. The van der Waals surface area contributed by atoms with Gasteiger partial charge in [-0.25, -0.2) is 9.97 Å². The van der Waals surface area contributed by atoms with E-state index < -0.39 is 0 Å². The van der Waals surface area contributed by atoms with Crippen molar-refractivity contribution in [2.75, 3.05) is 32.7 Å². The zero-order valence-corrected chi connectivity index (χ0v) is 15.6. The molecule has 3 rings (SSSR count). The third-order valence-electron chi connectivity index (χ3n) is 5.23. The van der Waals surface area contributed by atoms with Crippen LogP contribution in [-0.4, -0.2) is 58.4 Å². The van der Waals surface area contributed by atoms with Gasteiger partial charge in [-0.1, -0.05) is 18.6 Å². The predicted octanol–water partition coefficient (Wildman–Crippen LogP) is 3.25. The van der Waals surface area contributed by atoms with Gasteiger partial charge in [0, 0.05) is 44.5 Å². The molecule has 0 bridgehead atoms. The van der Waals surface area contributed by atoms with Crippen molar-refractivity contribution in [2.45, 2.75) is 51.9 Å². The van der Waals surface area contributed by atoms with Crippen molar-refractivity contribution in [1.29, 1.82) is 0 Å². The number of hydrogen-bond acceptors (Lipinski definition) is 4. The molecule has 0 spiro atoms. The van der Waals surface area contributed by atoms with E-state index in [1.54, 1.807) is 12.4 Å². The summed E-state index contributed by atoms with van der Waals surface area (Å²) >= 11 is 0. The van der Waals surface area contributed by atoms with Crippen molar-refractivity contribution in [3.05, 3.63) is 35.4 Å². The van der Waals surface area contributed by atoms with Gasteiger partial charge in [-0.2, -0.15) is 0 Å². The molecule has 136 valence electrons. The molecule has 0 unspecified atom stereocenters. The third-order valence-corrected chi connectivity index (χ3v) is 5.23. The lowest BCUT2D eigenvalue weighted by Crippen LogP contribution is -2.35. The quantitative estimate of drug-likeness (QED) is 0.745. The second-order valence-corrected chi connectivity index (χ2v) is 7.28. The Morgan fingerprint density at radius 2 is 1.96 bits per heavy atom. The van der Waals surface area contributed by atoms with E-state index in [4.69, 9.17) is 0 Å². The molecule has 1 aliphatic carbocycles. The first-order chi connectivity index (χ1) is 12.2.